The van der Waals surface area contributed by atoms with Crippen LogP contribution in [-0.4, -0.2) is 32.9 Å². The minimum Gasteiger partial charge on any atom is -0.492 e. The summed E-state index contributed by atoms with van der Waals surface area (Å²) >= 11 is 1.59. The summed E-state index contributed by atoms with van der Waals surface area (Å²) in [5.74, 6) is 1.01. The number of rotatable bonds is 6. The SMILES string of the molecule is CC(C)(C)C1CCc2sc(C(=O)Nc3cccc(OCCS(C)(=O)=O)c3)cc2C1. The number of carbonyl (C=O) groups excluding carboxylic acids is 1. The van der Waals surface area contributed by atoms with Gasteiger partial charge in [0.25, 0.3) is 5.91 Å². The fourth-order valence-electron chi connectivity index (χ4n) is 3.54. The van der Waals surface area contributed by atoms with E-state index in [4.69, 9.17) is 4.74 Å². The molecule has 1 unspecified atom stereocenters. The van der Waals surface area contributed by atoms with Crippen molar-refractivity contribution < 1.29 is 17.9 Å². The monoisotopic (exact) mass is 435 g/mol. The normalized spacial score (nSPS) is 16.9. The molecule has 29 heavy (non-hydrogen) atoms. The summed E-state index contributed by atoms with van der Waals surface area (Å²) in [4.78, 5) is 14.8. The predicted molar refractivity (Wildman–Crippen MR) is 119 cm³/mol. The molecule has 1 N–H and O–H groups in total. The van der Waals surface area contributed by atoms with E-state index in [1.165, 1.54) is 23.1 Å². The molecule has 1 amide bonds. The van der Waals surface area contributed by atoms with Gasteiger partial charge in [0.05, 0.1) is 10.6 Å². The minimum atomic E-state index is -3.07. The molecule has 0 spiro atoms. The second kappa shape index (κ2) is 8.48. The molecule has 3 rings (SSSR count). The molecule has 158 valence electrons. The van der Waals surface area contributed by atoms with Crippen LogP contribution in [0.25, 0.3) is 0 Å². The van der Waals surface area contributed by atoms with Crippen molar-refractivity contribution in [2.45, 2.75) is 40.0 Å². The van der Waals surface area contributed by atoms with E-state index in [9.17, 15) is 13.2 Å². The highest BCUT2D eigenvalue weighted by Gasteiger charge is 2.30. The van der Waals surface area contributed by atoms with Crippen LogP contribution < -0.4 is 10.1 Å². The van der Waals surface area contributed by atoms with Gasteiger partial charge < -0.3 is 10.1 Å². The molecule has 0 bridgehead atoms. The van der Waals surface area contributed by atoms with Crippen molar-refractivity contribution in [1.82, 2.24) is 0 Å². The molecule has 0 fully saturated rings. The van der Waals surface area contributed by atoms with E-state index in [0.717, 1.165) is 17.7 Å². The van der Waals surface area contributed by atoms with E-state index >= 15 is 0 Å². The predicted octanol–water partition coefficient (Wildman–Crippen LogP) is 4.57. The van der Waals surface area contributed by atoms with Crippen LogP contribution >= 0.6 is 11.3 Å². The lowest BCUT2D eigenvalue weighted by Crippen LogP contribution is -2.26. The van der Waals surface area contributed by atoms with E-state index in [1.54, 1.807) is 35.6 Å². The van der Waals surface area contributed by atoms with Crippen LogP contribution in [-0.2, 0) is 22.7 Å². The highest BCUT2D eigenvalue weighted by atomic mass is 32.2. The third-order valence-electron chi connectivity index (χ3n) is 5.35. The average Bonchev–Trinajstić information content (AvgIpc) is 3.03. The Kier molecular flexibility index (Phi) is 6.39. The molecule has 0 aliphatic heterocycles. The van der Waals surface area contributed by atoms with Gasteiger partial charge in [-0.05, 0) is 54.4 Å². The molecule has 0 saturated heterocycles. The first-order valence-electron chi connectivity index (χ1n) is 9.85. The van der Waals surface area contributed by atoms with Gasteiger partial charge in [-0.1, -0.05) is 26.8 Å². The molecule has 2 aromatic rings. The van der Waals surface area contributed by atoms with Gasteiger partial charge in [0.15, 0.2) is 9.84 Å². The van der Waals surface area contributed by atoms with Gasteiger partial charge in [-0.3, -0.25) is 4.79 Å². The summed E-state index contributed by atoms with van der Waals surface area (Å²) < 4.78 is 27.9. The van der Waals surface area contributed by atoms with Crippen molar-refractivity contribution in [3.05, 3.63) is 45.6 Å². The van der Waals surface area contributed by atoms with Crippen molar-refractivity contribution in [1.29, 1.82) is 0 Å². The number of nitrogens with one attached hydrogen (secondary N) is 1. The number of carbonyl (C=O) groups is 1. The number of aryl methyl sites for hydroxylation is 1. The van der Waals surface area contributed by atoms with E-state index in [1.807, 2.05) is 6.07 Å². The van der Waals surface area contributed by atoms with E-state index in [0.29, 0.717) is 17.4 Å². The number of amides is 1. The molecular formula is C22H29NO4S2. The van der Waals surface area contributed by atoms with Gasteiger partial charge in [-0.2, -0.15) is 0 Å². The zero-order valence-corrected chi connectivity index (χ0v) is 19.1. The summed E-state index contributed by atoms with van der Waals surface area (Å²) in [6, 6.07) is 9.07. The molecule has 0 radical (unpaired) electrons. The Labute approximate surface area is 177 Å². The van der Waals surface area contributed by atoms with Crippen molar-refractivity contribution in [3.63, 3.8) is 0 Å². The Morgan fingerprint density at radius 3 is 2.72 bits per heavy atom. The number of hydrogen-bond acceptors (Lipinski definition) is 5. The smallest absolute Gasteiger partial charge is 0.265 e. The number of benzene rings is 1. The zero-order chi connectivity index (χ0) is 21.2. The molecule has 5 nitrogen and oxygen atoms in total. The summed E-state index contributed by atoms with van der Waals surface area (Å²) in [6.45, 7) is 6.94. The highest BCUT2D eigenvalue weighted by molar-refractivity contribution is 7.90. The quantitative estimate of drug-likeness (QED) is 0.721. The number of thiophene rings is 1. The molecule has 1 aliphatic carbocycles. The van der Waals surface area contributed by atoms with Crippen molar-refractivity contribution in [3.8, 4) is 5.75 Å². The Morgan fingerprint density at radius 1 is 1.28 bits per heavy atom. The van der Waals surface area contributed by atoms with Crippen LogP contribution in [0.5, 0.6) is 5.75 Å². The summed E-state index contributed by atoms with van der Waals surface area (Å²) in [6.07, 6.45) is 4.42. The first-order valence-corrected chi connectivity index (χ1v) is 12.7. The van der Waals surface area contributed by atoms with Gasteiger partial charge in [0.2, 0.25) is 0 Å². The summed E-state index contributed by atoms with van der Waals surface area (Å²) in [5, 5.41) is 2.93. The number of ether oxygens (including phenoxy) is 1. The number of hydrogen-bond donors (Lipinski definition) is 1. The fraction of sp³-hybridized carbons (Fsp3) is 0.500. The molecule has 1 heterocycles. The maximum absolute atomic E-state index is 12.7. The molecule has 1 aliphatic rings. The Bertz CT molecular complexity index is 986. The van der Waals surface area contributed by atoms with Crippen LogP contribution in [0.3, 0.4) is 0 Å². The van der Waals surface area contributed by atoms with Gasteiger partial charge >= 0.3 is 0 Å². The lowest BCUT2D eigenvalue weighted by atomic mass is 9.72. The standard InChI is InChI=1S/C22H29NO4S2/c1-22(2,3)16-8-9-19-15(12-16)13-20(28-19)21(24)23-17-6-5-7-18(14-17)27-10-11-29(4,25)26/h5-7,13-14,16H,8-12H2,1-4H3,(H,23,24). The van der Waals surface area contributed by atoms with Crippen molar-refractivity contribution in [2.24, 2.45) is 11.3 Å². The van der Waals surface area contributed by atoms with Gasteiger partial charge in [0.1, 0.15) is 12.4 Å². The topological polar surface area (TPSA) is 72.5 Å². The van der Waals surface area contributed by atoms with Crippen LogP contribution in [0.1, 0.15) is 47.3 Å². The second-order valence-electron chi connectivity index (χ2n) is 8.83. The van der Waals surface area contributed by atoms with Gasteiger partial charge in [-0.15, -0.1) is 11.3 Å². The molecular weight excluding hydrogens is 406 g/mol. The average molecular weight is 436 g/mol. The van der Waals surface area contributed by atoms with Crippen LogP contribution in [0.4, 0.5) is 5.69 Å². The lowest BCUT2D eigenvalue weighted by Gasteiger charge is -2.33. The molecule has 1 atom stereocenters. The number of anilines is 1. The highest BCUT2D eigenvalue weighted by Crippen LogP contribution is 2.40. The van der Waals surface area contributed by atoms with Crippen LogP contribution in [0, 0.1) is 11.3 Å². The van der Waals surface area contributed by atoms with Gasteiger partial charge in [-0.25, -0.2) is 8.42 Å². The number of sulfone groups is 1. The first kappa shape index (κ1) is 21.8. The van der Waals surface area contributed by atoms with Crippen LogP contribution in [0.15, 0.2) is 30.3 Å². The molecule has 1 aromatic heterocycles. The minimum absolute atomic E-state index is 0.0418. The van der Waals surface area contributed by atoms with E-state index < -0.39 is 9.84 Å². The van der Waals surface area contributed by atoms with Crippen LogP contribution in [0.2, 0.25) is 0 Å². The largest absolute Gasteiger partial charge is 0.492 e. The number of fused-ring (bicyclic) bond motifs is 1. The Morgan fingerprint density at radius 2 is 2.03 bits per heavy atom. The van der Waals surface area contributed by atoms with E-state index in [-0.39, 0.29) is 23.7 Å². The molecule has 7 heteroatoms. The second-order valence-corrected chi connectivity index (χ2v) is 12.2. The third kappa shape index (κ3) is 6.06. The molecule has 1 aromatic carbocycles. The Balaban J connectivity index is 1.64. The summed E-state index contributed by atoms with van der Waals surface area (Å²) in [7, 11) is -3.07. The third-order valence-corrected chi connectivity index (χ3v) is 7.49. The maximum Gasteiger partial charge on any atom is 0.265 e. The first-order chi connectivity index (χ1) is 13.5. The van der Waals surface area contributed by atoms with Crippen molar-refractivity contribution in [2.75, 3.05) is 23.9 Å². The van der Waals surface area contributed by atoms with Gasteiger partial charge in [0, 0.05) is 22.9 Å². The molecule has 0 saturated carbocycles. The van der Waals surface area contributed by atoms with Crippen molar-refractivity contribution >= 4 is 32.8 Å². The fourth-order valence-corrected chi connectivity index (χ4v) is 5.03. The Hall–Kier alpha value is -1.86. The van der Waals surface area contributed by atoms with E-state index in [2.05, 4.69) is 26.1 Å². The zero-order valence-electron chi connectivity index (χ0n) is 17.4. The summed E-state index contributed by atoms with van der Waals surface area (Å²) in [5.41, 5.74) is 2.22. The lowest BCUT2D eigenvalue weighted by molar-refractivity contribution is 0.103. The maximum atomic E-state index is 12.7.